The van der Waals surface area contributed by atoms with Crippen molar-refractivity contribution in [2.75, 3.05) is 14.2 Å². The van der Waals surface area contributed by atoms with E-state index < -0.39 is 22.8 Å². The lowest BCUT2D eigenvalue weighted by Gasteiger charge is -2.12. The summed E-state index contributed by atoms with van der Waals surface area (Å²) in [6, 6.07) is 13.3. The van der Waals surface area contributed by atoms with Gasteiger partial charge >= 0.3 is 5.97 Å². The van der Waals surface area contributed by atoms with E-state index in [0.29, 0.717) is 17.1 Å². The second-order valence-corrected chi connectivity index (χ2v) is 6.72. The summed E-state index contributed by atoms with van der Waals surface area (Å²) in [4.78, 5) is 25.2. The Hall–Kier alpha value is -4.05. The maximum Gasteiger partial charge on any atom is 0.343 e. The number of methoxy groups -OCH3 is 2. The van der Waals surface area contributed by atoms with Crippen LogP contribution in [0.15, 0.2) is 66.7 Å². The summed E-state index contributed by atoms with van der Waals surface area (Å²) in [5.41, 5.74) is 0.560. The highest BCUT2D eigenvalue weighted by Gasteiger charge is 2.17. The molecule has 3 rings (SSSR count). The number of carbonyl (C=O) groups excluding carboxylic acids is 2. The van der Waals surface area contributed by atoms with Gasteiger partial charge in [0, 0.05) is 12.1 Å². The number of nitrogens with one attached hydrogen (secondary N) is 1. The molecule has 33 heavy (non-hydrogen) atoms. The average Bonchev–Trinajstić information content (AvgIpc) is 2.83. The molecule has 170 valence electrons. The van der Waals surface area contributed by atoms with Crippen LogP contribution in [0.2, 0.25) is 0 Å². The minimum Gasteiger partial charge on any atom is -0.595 e. The van der Waals surface area contributed by atoms with Gasteiger partial charge < -0.3 is 19.4 Å². The molecule has 0 spiro atoms. The molecule has 1 unspecified atom stereocenters. The monoisotopic (exact) mass is 453 g/mol. The van der Waals surface area contributed by atoms with E-state index >= 15 is 0 Å². The second kappa shape index (κ2) is 10.5. The first-order chi connectivity index (χ1) is 15.8. The fourth-order valence-corrected chi connectivity index (χ4v) is 2.91. The standard InChI is InChI=1S/C24H20FNO7/c1-31-22-11-4-15(13-23(22)32-2)3-10-20(27)19-14-17(25)7-12-21(19)33-24(28)16-5-8-18(9-6-16)26(29)30/h3-14,26,29H,1-2H3. The summed E-state index contributed by atoms with van der Waals surface area (Å²) < 4.78 is 29.5. The first kappa shape index (κ1) is 23.6. The SMILES string of the molecule is COc1ccc(C=CC(=O)c2cc(F)ccc2OC(=O)c2ccc([NH+]([O-])O)cc2)cc1OC. The van der Waals surface area contributed by atoms with E-state index in [1.165, 1.54) is 56.7 Å². The molecule has 8 nitrogen and oxygen atoms in total. The fraction of sp³-hybridized carbons (Fsp3) is 0.0833. The Morgan fingerprint density at radius 3 is 2.24 bits per heavy atom. The first-order valence-electron chi connectivity index (χ1n) is 9.62. The summed E-state index contributed by atoms with van der Waals surface area (Å²) in [5, 5.41) is 18.8. The van der Waals surface area contributed by atoms with E-state index in [4.69, 9.17) is 19.4 Å². The van der Waals surface area contributed by atoms with E-state index in [-0.39, 0.29) is 22.6 Å². The predicted molar refractivity (Wildman–Crippen MR) is 116 cm³/mol. The molecule has 9 heteroatoms. The van der Waals surface area contributed by atoms with Crippen molar-refractivity contribution in [2.24, 2.45) is 0 Å². The minimum absolute atomic E-state index is 0.00417. The molecule has 0 radical (unpaired) electrons. The second-order valence-electron chi connectivity index (χ2n) is 6.72. The lowest BCUT2D eigenvalue weighted by Crippen LogP contribution is -2.99. The first-order valence-corrected chi connectivity index (χ1v) is 9.62. The van der Waals surface area contributed by atoms with Crippen LogP contribution in [0.3, 0.4) is 0 Å². The number of allylic oxidation sites excluding steroid dienone is 1. The number of ether oxygens (including phenoxy) is 3. The Morgan fingerprint density at radius 2 is 1.61 bits per heavy atom. The zero-order valence-electron chi connectivity index (χ0n) is 17.7. The van der Waals surface area contributed by atoms with Crippen LogP contribution < -0.4 is 19.4 Å². The molecule has 0 aromatic heterocycles. The molecule has 0 saturated heterocycles. The lowest BCUT2D eigenvalue weighted by atomic mass is 10.1. The number of hydrogen-bond acceptors (Lipinski definition) is 7. The number of hydrogen-bond donors (Lipinski definition) is 2. The van der Waals surface area contributed by atoms with Crippen LogP contribution >= 0.6 is 0 Å². The van der Waals surface area contributed by atoms with E-state index in [9.17, 15) is 19.2 Å². The van der Waals surface area contributed by atoms with Crippen molar-refractivity contribution in [1.29, 1.82) is 0 Å². The number of benzene rings is 3. The summed E-state index contributed by atoms with van der Waals surface area (Å²) >= 11 is 0. The van der Waals surface area contributed by atoms with Crippen molar-refractivity contribution in [3.05, 3.63) is 94.5 Å². The molecule has 0 fully saturated rings. The van der Waals surface area contributed by atoms with Crippen molar-refractivity contribution in [1.82, 2.24) is 0 Å². The lowest BCUT2D eigenvalue weighted by molar-refractivity contribution is -0.991. The molecule has 1 atom stereocenters. The van der Waals surface area contributed by atoms with Crippen LogP contribution in [0.4, 0.5) is 10.1 Å². The van der Waals surface area contributed by atoms with Crippen LogP contribution in [0.25, 0.3) is 6.08 Å². The molecule has 0 amide bonds. The highest BCUT2D eigenvalue weighted by molar-refractivity contribution is 6.09. The average molecular weight is 453 g/mol. The van der Waals surface area contributed by atoms with Crippen molar-refractivity contribution in [3.8, 4) is 17.2 Å². The Balaban J connectivity index is 1.82. The maximum atomic E-state index is 13.8. The number of quaternary nitrogens is 1. The molecule has 3 aromatic carbocycles. The predicted octanol–water partition coefficient (Wildman–Crippen LogP) is 3.36. The summed E-state index contributed by atoms with van der Waals surface area (Å²) in [6.07, 6.45) is 2.72. The number of rotatable bonds is 8. The van der Waals surface area contributed by atoms with Crippen LogP contribution in [-0.4, -0.2) is 31.2 Å². The Morgan fingerprint density at radius 1 is 0.939 bits per heavy atom. The van der Waals surface area contributed by atoms with Crippen molar-refractivity contribution >= 4 is 23.5 Å². The molecule has 0 aliphatic carbocycles. The minimum atomic E-state index is -1.14. The highest BCUT2D eigenvalue weighted by atomic mass is 19.1. The summed E-state index contributed by atoms with van der Waals surface area (Å²) in [7, 11) is 2.99. The largest absolute Gasteiger partial charge is 0.595 e. The molecule has 0 aliphatic heterocycles. The van der Waals surface area contributed by atoms with Gasteiger partial charge in [-0.1, -0.05) is 12.1 Å². The summed E-state index contributed by atoms with van der Waals surface area (Å²) in [6.45, 7) is 0. The maximum absolute atomic E-state index is 13.8. The molecule has 0 bridgehead atoms. The smallest absolute Gasteiger partial charge is 0.343 e. The number of esters is 1. The molecule has 0 saturated carbocycles. The Bertz CT molecular complexity index is 1190. The Labute approximate surface area is 188 Å². The van der Waals surface area contributed by atoms with Gasteiger partial charge in [0.2, 0.25) is 0 Å². The molecule has 3 aromatic rings. The third-order valence-electron chi connectivity index (χ3n) is 4.61. The fourth-order valence-electron chi connectivity index (χ4n) is 2.91. The van der Waals surface area contributed by atoms with Gasteiger partial charge in [0.15, 0.2) is 23.0 Å². The number of ketones is 1. The molecule has 0 heterocycles. The van der Waals surface area contributed by atoms with Gasteiger partial charge in [0.05, 0.1) is 25.3 Å². The molecular weight excluding hydrogens is 433 g/mol. The van der Waals surface area contributed by atoms with E-state index in [0.717, 1.165) is 12.1 Å². The Kier molecular flexibility index (Phi) is 7.52. The van der Waals surface area contributed by atoms with Crippen molar-refractivity contribution in [3.63, 3.8) is 0 Å². The quantitative estimate of drug-likeness (QED) is 0.177. The normalized spacial score (nSPS) is 11.8. The van der Waals surface area contributed by atoms with Gasteiger partial charge in [-0.05, 0) is 54.1 Å². The van der Waals surface area contributed by atoms with Gasteiger partial charge in [-0.3, -0.25) is 4.79 Å². The van der Waals surface area contributed by atoms with Crippen molar-refractivity contribution in [2.45, 2.75) is 0 Å². The number of halogens is 1. The van der Waals surface area contributed by atoms with Crippen LogP contribution in [0, 0.1) is 11.0 Å². The van der Waals surface area contributed by atoms with Gasteiger partial charge in [-0.15, -0.1) is 0 Å². The third kappa shape index (κ3) is 5.80. The van der Waals surface area contributed by atoms with Crippen molar-refractivity contribution < 1.29 is 38.6 Å². The zero-order valence-corrected chi connectivity index (χ0v) is 17.7. The molecule has 0 aliphatic rings. The van der Waals surface area contributed by atoms with Gasteiger partial charge in [0.25, 0.3) is 0 Å². The zero-order chi connectivity index (χ0) is 24.0. The van der Waals surface area contributed by atoms with Crippen LogP contribution in [-0.2, 0) is 0 Å². The summed E-state index contributed by atoms with van der Waals surface area (Å²) in [5.74, 6) is -1.22. The molecule has 2 N–H and O–H groups in total. The third-order valence-corrected chi connectivity index (χ3v) is 4.61. The van der Waals surface area contributed by atoms with Gasteiger partial charge in [0.1, 0.15) is 11.6 Å². The van der Waals surface area contributed by atoms with E-state index in [1.807, 2.05) is 0 Å². The van der Waals surface area contributed by atoms with Gasteiger partial charge in [-0.2, -0.15) is 5.23 Å². The topological polar surface area (TPSA) is 110 Å². The van der Waals surface area contributed by atoms with Crippen LogP contribution in [0.1, 0.15) is 26.3 Å². The van der Waals surface area contributed by atoms with Gasteiger partial charge in [-0.25, -0.2) is 14.4 Å². The van der Waals surface area contributed by atoms with E-state index in [2.05, 4.69) is 0 Å². The number of carbonyl (C=O) groups is 2. The van der Waals surface area contributed by atoms with Crippen LogP contribution in [0.5, 0.6) is 17.2 Å². The highest BCUT2D eigenvalue weighted by Crippen LogP contribution is 2.28. The molecular formula is C24H20FNO7. The van der Waals surface area contributed by atoms with E-state index in [1.54, 1.807) is 18.2 Å².